The maximum Gasteiger partial charge on any atom is 0.193 e. The molecule has 0 saturated carbocycles. The summed E-state index contributed by atoms with van der Waals surface area (Å²) < 4.78 is 12.3. The van der Waals surface area contributed by atoms with Crippen molar-refractivity contribution in [3.63, 3.8) is 0 Å². The van der Waals surface area contributed by atoms with Gasteiger partial charge in [-0.2, -0.15) is 0 Å². The standard InChI is InChI=1S/C14H19N5O2/c1-19-7-6-16-13(19)9-17-14(15)18-11-8-10(20-2)4-5-12(11)21-3/h4-8H,9H2,1-3H3,(H3,15,17,18). The molecule has 0 amide bonds. The van der Waals surface area contributed by atoms with Gasteiger partial charge in [-0.3, -0.25) is 0 Å². The third kappa shape index (κ3) is 3.65. The van der Waals surface area contributed by atoms with Crippen molar-refractivity contribution in [2.45, 2.75) is 6.54 Å². The topological polar surface area (TPSA) is 86.7 Å². The molecule has 0 radical (unpaired) electrons. The van der Waals surface area contributed by atoms with Crippen molar-refractivity contribution < 1.29 is 9.47 Å². The molecule has 1 heterocycles. The van der Waals surface area contributed by atoms with E-state index >= 15 is 0 Å². The van der Waals surface area contributed by atoms with Crippen LogP contribution in [0, 0.1) is 0 Å². The van der Waals surface area contributed by atoms with Crippen LogP contribution in [0.3, 0.4) is 0 Å². The van der Waals surface area contributed by atoms with E-state index in [-0.39, 0.29) is 5.96 Å². The van der Waals surface area contributed by atoms with Crippen LogP contribution in [0.4, 0.5) is 5.69 Å². The summed E-state index contributed by atoms with van der Waals surface area (Å²) in [5, 5.41) is 3.00. The number of guanidine groups is 1. The number of imidazole rings is 1. The Morgan fingerprint density at radius 3 is 2.81 bits per heavy atom. The number of nitrogens with two attached hydrogens (primary N) is 1. The molecular weight excluding hydrogens is 270 g/mol. The molecule has 2 aromatic rings. The fourth-order valence-corrected chi connectivity index (χ4v) is 1.79. The van der Waals surface area contributed by atoms with Crippen LogP contribution in [-0.4, -0.2) is 29.7 Å². The summed E-state index contributed by atoms with van der Waals surface area (Å²) in [5.41, 5.74) is 6.59. The van der Waals surface area contributed by atoms with Crippen LogP contribution in [0.2, 0.25) is 0 Å². The predicted octanol–water partition coefficient (Wildman–Crippen LogP) is 1.36. The highest BCUT2D eigenvalue weighted by atomic mass is 16.5. The van der Waals surface area contributed by atoms with Crippen molar-refractivity contribution in [2.75, 3.05) is 19.5 Å². The number of aryl methyl sites for hydroxylation is 1. The second-order valence-electron chi connectivity index (χ2n) is 4.35. The number of benzene rings is 1. The molecule has 2 rings (SSSR count). The Morgan fingerprint density at radius 1 is 1.38 bits per heavy atom. The van der Waals surface area contributed by atoms with Gasteiger partial charge in [-0.25, -0.2) is 9.98 Å². The number of methoxy groups -OCH3 is 2. The fourth-order valence-electron chi connectivity index (χ4n) is 1.79. The van der Waals surface area contributed by atoms with Crippen molar-refractivity contribution in [1.29, 1.82) is 0 Å². The largest absolute Gasteiger partial charge is 0.497 e. The summed E-state index contributed by atoms with van der Waals surface area (Å²) in [6.45, 7) is 0.397. The first-order chi connectivity index (χ1) is 10.1. The first-order valence-electron chi connectivity index (χ1n) is 6.39. The lowest BCUT2D eigenvalue weighted by Gasteiger charge is -2.12. The first kappa shape index (κ1) is 14.7. The normalized spacial score (nSPS) is 11.3. The molecule has 0 spiro atoms. The average molecular weight is 289 g/mol. The van der Waals surface area contributed by atoms with Crippen molar-refractivity contribution in [2.24, 2.45) is 17.8 Å². The van der Waals surface area contributed by atoms with Gasteiger partial charge in [0.05, 0.1) is 19.9 Å². The summed E-state index contributed by atoms with van der Waals surface area (Å²) in [5.74, 6) is 2.48. The molecule has 7 heteroatoms. The van der Waals surface area contributed by atoms with Gasteiger partial charge in [0, 0.05) is 25.5 Å². The van der Waals surface area contributed by atoms with Gasteiger partial charge in [0.1, 0.15) is 23.9 Å². The van der Waals surface area contributed by atoms with Crippen LogP contribution >= 0.6 is 0 Å². The van der Waals surface area contributed by atoms with Crippen LogP contribution < -0.4 is 20.5 Å². The molecule has 0 aliphatic rings. The maximum atomic E-state index is 5.89. The average Bonchev–Trinajstić information content (AvgIpc) is 2.90. The molecule has 7 nitrogen and oxygen atoms in total. The highest BCUT2D eigenvalue weighted by molar-refractivity contribution is 5.93. The highest BCUT2D eigenvalue weighted by Gasteiger charge is 2.06. The van der Waals surface area contributed by atoms with Crippen molar-refractivity contribution in [3.8, 4) is 11.5 Å². The van der Waals surface area contributed by atoms with Crippen molar-refractivity contribution in [3.05, 3.63) is 36.4 Å². The zero-order valence-corrected chi connectivity index (χ0v) is 12.3. The lowest BCUT2D eigenvalue weighted by molar-refractivity contribution is 0.405. The monoisotopic (exact) mass is 289 g/mol. The number of aromatic nitrogens is 2. The zero-order chi connectivity index (χ0) is 15.2. The van der Waals surface area contributed by atoms with Crippen LogP contribution in [0.25, 0.3) is 0 Å². The molecule has 1 aromatic heterocycles. The van der Waals surface area contributed by atoms with Gasteiger partial charge in [-0.1, -0.05) is 0 Å². The van der Waals surface area contributed by atoms with Gasteiger partial charge >= 0.3 is 0 Å². The Bertz CT molecular complexity index is 636. The number of hydrogen-bond acceptors (Lipinski definition) is 4. The zero-order valence-electron chi connectivity index (χ0n) is 12.3. The minimum Gasteiger partial charge on any atom is -0.497 e. The molecule has 3 N–H and O–H groups in total. The van der Waals surface area contributed by atoms with Crippen LogP contribution in [0.1, 0.15) is 5.82 Å². The second kappa shape index (κ2) is 6.65. The molecule has 0 unspecified atom stereocenters. The molecule has 0 aliphatic carbocycles. The molecule has 0 fully saturated rings. The van der Waals surface area contributed by atoms with Gasteiger partial charge in [0.15, 0.2) is 5.96 Å². The smallest absolute Gasteiger partial charge is 0.193 e. The van der Waals surface area contributed by atoms with E-state index in [9.17, 15) is 0 Å². The second-order valence-corrected chi connectivity index (χ2v) is 4.35. The molecular formula is C14H19N5O2. The summed E-state index contributed by atoms with van der Waals surface area (Å²) in [6.07, 6.45) is 3.58. The van der Waals surface area contributed by atoms with E-state index in [1.54, 1.807) is 32.5 Å². The van der Waals surface area contributed by atoms with Gasteiger partial charge in [0.2, 0.25) is 0 Å². The van der Waals surface area contributed by atoms with E-state index in [1.165, 1.54) is 0 Å². The molecule has 21 heavy (non-hydrogen) atoms. The summed E-state index contributed by atoms with van der Waals surface area (Å²) in [4.78, 5) is 8.44. The first-order valence-corrected chi connectivity index (χ1v) is 6.39. The molecule has 1 aromatic carbocycles. The maximum absolute atomic E-state index is 5.89. The van der Waals surface area contributed by atoms with Crippen LogP contribution in [0.15, 0.2) is 35.6 Å². The molecule has 112 valence electrons. The number of nitrogens with zero attached hydrogens (tertiary/aromatic N) is 3. The van der Waals surface area contributed by atoms with E-state index in [1.807, 2.05) is 23.9 Å². The number of anilines is 1. The van der Waals surface area contributed by atoms with E-state index in [2.05, 4.69) is 15.3 Å². The Hall–Kier alpha value is -2.70. The van der Waals surface area contributed by atoms with Crippen LogP contribution in [0.5, 0.6) is 11.5 Å². The Labute approximate surface area is 123 Å². The van der Waals surface area contributed by atoms with Crippen LogP contribution in [-0.2, 0) is 13.6 Å². The Morgan fingerprint density at radius 2 is 2.19 bits per heavy atom. The summed E-state index contributed by atoms with van der Waals surface area (Å²) in [7, 11) is 5.10. The predicted molar refractivity (Wildman–Crippen MR) is 81.7 cm³/mol. The van der Waals surface area contributed by atoms with E-state index < -0.39 is 0 Å². The van der Waals surface area contributed by atoms with Crippen molar-refractivity contribution >= 4 is 11.6 Å². The number of rotatable bonds is 5. The minimum absolute atomic E-state index is 0.282. The van der Waals surface area contributed by atoms with E-state index in [0.29, 0.717) is 23.7 Å². The molecule has 0 saturated heterocycles. The van der Waals surface area contributed by atoms with Crippen molar-refractivity contribution in [1.82, 2.24) is 9.55 Å². The van der Waals surface area contributed by atoms with Gasteiger partial charge < -0.3 is 25.1 Å². The van der Waals surface area contributed by atoms with E-state index in [0.717, 1.165) is 5.82 Å². The highest BCUT2D eigenvalue weighted by Crippen LogP contribution is 2.28. The lowest BCUT2D eigenvalue weighted by Crippen LogP contribution is -2.23. The number of hydrogen-bond donors (Lipinski definition) is 2. The summed E-state index contributed by atoms with van der Waals surface area (Å²) in [6, 6.07) is 5.40. The summed E-state index contributed by atoms with van der Waals surface area (Å²) >= 11 is 0. The third-order valence-corrected chi connectivity index (χ3v) is 2.98. The number of aliphatic imine (C=N–C) groups is 1. The van der Waals surface area contributed by atoms with Gasteiger partial charge in [-0.05, 0) is 12.1 Å². The third-order valence-electron chi connectivity index (χ3n) is 2.98. The van der Waals surface area contributed by atoms with Gasteiger partial charge in [0.25, 0.3) is 0 Å². The SMILES string of the molecule is COc1ccc(OC)c(NC(N)=NCc2nccn2C)c1. The van der Waals surface area contributed by atoms with E-state index in [4.69, 9.17) is 15.2 Å². The number of ether oxygens (including phenoxy) is 2. The Kier molecular flexibility index (Phi) is 4.65. The van der Waals surface area contributed by atoms with Gasteiger partial charge in [-0.15, -0.1) is 0 Å². The molecule has 0 aliphatic heterocycles. The Balaban J connectivity index is 2.11. The number of nitrogens with one attached hydrogen (secondary N) is 1. The lowest BCUT2D eigenvalue weighted by atomic mass is 10.2. The quantitative estimate of drug-likeness (QED) is 0.641. The minimum atomic E-state index is 0.282. The fraction of sp³-hybridized carbons (Fsp3) is 0.286. The molecule has 0 atom stereocenters. The molecule has 0 bridgehead atoms.